The Morgan fingerprint density at radius 3 is 2.28 bits per heavy atom. The zero-order chi connectivity index (χ0) is 31.6. The molecular weight excluding hydrogens is 557 g/mol. The lowest BCUT2D eigenvalue weighted by atomic mass is 10.0. The average molecular weight is 597 g/mol. The van der Waals surface area contributed by atoms with Crippen LogP contribution in [0.2, 0.25) is 0 Å². The van der Waals surface area contributed by atoms with Crippen molar-refractivity contribution < 1.29 is 27.9 Å². The molecule has 230 valence electrons. The number of carbonyl (C=O) groups excluding carboxylic acids is 1. The van der Waals surface area contributed by atoms with Gasteiger partial charge in [0, 0.05) is 68.1 Å². The number of amides is 1. The fourth-order valence-corrected chi connectivity index (χ4v) is 5.10. The number of hydrogen-bond acceptors (Lipinski definition) is 5. The quantitative estimate of drug-likeness (QED) is 0.228. The molecule has 1 fully saturated rings. The molecule has 0 atom stereocenters. The molecule has 0 unspecified atom stereocenters. The molecule has 1 amide bonds. The zero-order valence-electron chi connectivity index (χ0n) is 25.0. The Labute approximate surface area is 251 Å². The number of aromatic nitrogens is 1. The van der Waals surface area contributed by atoms with Crippen LogP contribution in [-0.4, -0.2) is 64.5 Å². The van der Waals surface area contributed by atoms with E-state index >= 15 is 0 Å². The van der Waals surface area contributed by atoms with Crippen LogP contribution >= 0.6 is 0 Å². The summed E-state index contributed by atoms with van der Waals surface area (Å²) < 4.78 is 38.8. The topological polar surface area (TPSA) is 77.0 Å². The number of anilines is 2. The molecule has 4 rings (SSSR count). The van der Waals surface area contributed by atoms with E-state index < -0.39 is 11.7 Å². The summed E-state index contributed by atoms with van der Waals surface area (Å²) in [6.45, 7) is 8.35. The normalized spacial score (nSPS) is 14.3. The summed E-state index contributed by atoms with van der Waals surface area (Å²) in [6.07, 6.45) is 2.21. The third-order valence-corrected chi connectivity index (χ3v) is 7.53. The van der Waals surface area contributed by atoms with Gasteiger partial charge in [0.1, 0.15) is 0 Å². The summed E-state index contributed by atoms with van der Waals surface area (Å²) in [6, 6.07) is 17.5. The molecule has 1 N–H and O–H groups in total. The van der Waals surface area contributed by atoms with Gasteiger partial charge in [0.25, 0.3) is 6.47 Å². The van der Waals surface area contributed by atoms with Gasteiger partial charge in [-0.15, -0.1) is 0 Å². The van der Waals surface area contributed by atoms with Crippen LogP contribution in [0.25, 0.3) is 6.08 Å². The van der Waals surface area contributed by atoms with Gasteiger partial charge in [-0.3, -0.25) is 14.6 Å². The standard InChI is InChI=1S/C32H37F3N4O.CH2O2/c1-23(2)38-18-15-28(16-19-38)39(31(40)13-10-25-8-11-27(12-9-25)32(33,34)35)22-26-6-5-7-29(21-26)37(4)30-14-17-36-24(3)20-30;2-1-3/h5-14,17,20-21,23,28H,15-16,18-19,22H2,1-4H3;1H,(H,2,3)/b13-10+;. The third-order valence-electron chi connectivity index (χ3n) is 7.53. The first kappa shape index (κ1) is 33.3. The maximum atomic E-state index is 13.6. The predicted octanol–water partition coefficient (Wildman–Crippen LogP) is 6.79. The highest BCUT2D eigenvalue weighted by atomic mass is 19.4. The lowest BCUT2D eigenvalue weighted by Gasteiger charge is -2.40. The van der Waals surface area contributed by atoms with Gasteiger partial charge in [0.15, 0.2) is 0 Å². The molecule has 10 heteroatoms. The van der Waals surface area contributed by atoms with Crippen molar-refractivity contribution in [1.82, 2.24) is 14.8 Å². The molecule has 1 saturated heterocycles. The van der Waals surface area contributed by atoms with Crippen LogP contribution in [-0.2, 0) is 22.3 Å². The minimum absolute atomic E-state index is 0.0731. The molecule has 1 aromatic heterocycles. The number of alkyl halides is 3. The molecule has 1 aliphatic heterocycles. The summed E-state index contributed by atoms with van der Waals surface area (Å²) in [5, 5.41) is 6.89. The number of nitrogens with zero attached hydrogens (tertiary/aromatic N) is 4. The van der Waals surface area contributed by atoms with E-state index in [2.05, 4.69) is 34.7 Å². The first-order valence-electron chi connectivity index (χ1n) is 14.2. The van der Waals surface area contributed by atoms with Gasteiger partial charge in [-0.2, -0.15) is 13.2 Å². The minimum Gasteiger partial charge on any atom is -0.483 e. The lowest BCUT2D eigenvalue weighted by molar-refractivity contribution is -0.137. The maximum Gasteiger partial charge on any atom is 0.416 e. The average Bonchev–Trinajstić information content (AvgIpc) is 2.98. The molecule has 1 aliphatic rings. The molecular formula is C33H39F3N4O3. The van der Waals surface area contributed by atoms with Gasteiger partial charge in [0.05, 0.1) is 5.56 Å². The van der Waals surface area contributed by atoms with Gasteiger partial charge in [0.2, 0.25) is 5.91 Å². The summed E-state index contributed by atoms with van der Waals surface area (Å²) in [7, 11) is 2.01. The number of halogens is 3. The van der Waals surface area contributed by atoms with Crippen molar-refractivity contribution in [3.05, 3.63) is 95.3 Å². The molecule has 0 aliphatic carbocycles. The van der Waals surface area contributed by atoms with Crippen molar-refractivity contribution in [2.45, 2.75) is 58.4 Å². The van der Waals surface area contributed by atoms with E-state index in [9.17, 15) is 18.0 Å². The number of carbonyl (C=O) groups is 2. The zero-order valence-corrected chi connectivity index (χ0v) is 25.0. The molecule has 0 radical (unpaired) electrons. The molecule has 2 aromatic carbocycles. The molecule has 0 spiro atoms. The summed E-state index contributed by atoms with van der Waals surface area (Å²) in [5.74, 6) is -0.147. The van der Waals surface area contributed by atoms with E-state index in [0.717, 1.165) is 60.7 Å². The number of likely N-dealkylation sites (tertiary alicyclic amines) is 1. The largest absolute Gasteiger partial charge is 0.483 e. The highest BCUT2D eigenvalue weighted by Crippen LogP contribution is 2.30. The van der Waals surface area contributed by atoms with Crippen LogP contribution in [0.4, 0.5) is 24.5 Å². The molecule has 43 heavy (non-hydrogen) atoms. The van der Waals surface area contributed by atoms with Crippen molar-refractivity contribution in [2.24, 2.45) is 0 Å². The van der Waals surface area contributed by atoms with Crippen LogP contribution < -0.4 is 4.90 Å². The smallest absolute Gasteiger partial charge is 0.416 e. The Bertz CT molecular complexity index is 1370. The molecule has 7 nitrogen and oxygen atoms in total. The Kier molecular flexibility index (Phi) is 11.9. The number of piperidine rings is 1. The van der Waals surface area contributed by atoms with Gasteiger partial charge < -0.3 is 19.8 Å². The van der Waals surface area contributed by atoms with Gasteiger partial charge >= 0.3 is 6.18 Å². The van der Waals surface area contributed by atoms with Crippen LogP contribution in [0, 0.1) is 6.92 Å². The lowest BCUT2D eigenvalue weighted by Crippen LogP contribution is -2.48. The fraction of sp³-hybridized carbons (Fsp3) is 0.364. The van der Waals surface area contributed by atoms with Crippen LogP contribution in [0.3, 0.4) is 0 Å². The van der Waals surface area contributed by atoms with Gasteiger partial charge in [-0.25, -0.2) is 0 Å². The molecule has 0 bridgehead atoms. The van der Waals surface area contributed by atoms with Crippen molar-refractivity contribution in [1.29, 1.82) is 0 Å². The van der Waals surface area contributed by atoms with E-state index in [1.807, 2.05) is 49.2 Å². The first-order valence-corrected chi connectivity index (χ1v) is 14.2. The summed E-state index contributed by atoms with van der Waals surface area (Å²) in [5.41, 5.74) is 3.82. The number of aryl methyl sites for hydroxylation is 1. The first-order chi connectivity index (χ1) is 20.4. The highest BCUT2D eigenvalue weighted by Gasteiger charge is 2.30. The Morgan fingerprint density at radius 2 is 1.70 bits per heavy atom. The molecule has 2 heterocycles. The van der Waals surface area contributed by atoms with Crippen LogP contribution in [0.5, 0.6) is 0 Å². The second kappa shape index (κ2) is 15.3. The number of benzene rings is 2. The predicted molar refractivity (Wildman–Crippen MR) is 163 cm³/mol. The number of hydrogen-bond donors (Lipinski definition) is 1. The highest BCUT2D eigenvalue weighted by molar-refractivity contribution is 5.92. The Balaban J connectivity index is 0.00000162. The van der Waals surface area contributed by atoms with Crippen molar-refractivity contribution in [3.63, 3.8) is 0 Å². The maximum absolute atomic E-state index is 13.6. The van der Waals surface area contributed by atoms with Crippen molar-refractivity contribution >= 4 is 29.8 Å². The van der Waals surface area contributed by atoms with Crippen LogP contribution in [0.15, 0.2) is 72.9 Å². The Hall–Kier alpha value is -4.18. The SMILES string of the molecule is Cc1cc(N(C)c2cccc(CN(C(=O)/C=C/c3ccc(C(F)(F)F)cc3)C3CCN(C(C)C)CC3)c2)ccn1.O=CO. The van der Waals surface area contributed by atoms with Crippen LogP contribution in [0.1, 0.15) is 49.1 Å². The number of pyridine rings is 1. The number of rotatable bonds is 8. The van der Waals surface area contributed by atoms with E-state index in [0.29, 0.717) is 18.2 Å². The van der Waals surface area contributed by atoms with E-state index in [4.69, 9.17) is 9.90 Å². The fourth-order valence-electron chi connectivity index (χ4n) is 5.10. The van der Waals surface area contributed by atoms with Crippen molar-refractivity contribution in [3.8, 4) is 0 Å². The molecule has 0 saturated carbocycles. The summed E-state index contributed by atoms with van der Waals surface area (Å²) in [4.78, 5) is 32.6. The van der Waals surface area contributed by atoms with E-state index in [1.54, 1.807) is 12.3 Å². The van der Waals surface area contributed by atoms with Crippen molar-refractivity contribution in [2.75, 3.05) is 25.0 Å². The molecule has 3 aromatic rings. The monoisotopic (exact) mass is 596 g/mol. The summed E-state index contributed by atoms with van der Waals surface area (Å²) >= 11 is 0. The third kappa shape index (κ3) is 9.68. The Morgan fingerprint density at radius 1 is 1.07 bits per heavy atom. The second-order valence-corrected chi connectivity index (χ2v) is 10.8. The number of carboxylic acid groups (broad SMARTS) is 1. The minimum atomic E-state index is -4.39. The van der Waals surface area contributed by atoms with Gasteiger partial charge in [-0.1, -0.05) is 24.3 Å². The van der Waals surface area contributed by atoms with Gasteiger partial charge in [-0.05, 0) is 87.2 Å². The second-order valence-electron chi connectivity index (χ2n) is 10.8. The van der Waals surface area contributed by atoms with E-state index in [-0.39, 0.29) is 18.4 Å². The van der Waals surface area contributed by atoms with E-state index in [1.165, 1.54) is 18.2 Å².